The lowest BCUT2D eigenvalue weighted by Gasteiger charge is -2.36. The number of hydrogen-bond donors (Lipinski definition) is 0. The molecule has 12 aromatic carbocycles. The molecule has 0 radical (unpaired) electrons. The number of anilines is 6. The third-order valence-electron chi connectivity index (χ3n) is 18.2. The van der Waals surface area contributed by atoms with Crippen LogP contribution >= 0.6 is 0 Å². The van der Waals surface area contributed by atoms with Crippen molar-refractivity contribution in [3.8, 4) is 44.9 Å². The van der Waals surface area contributed by atoms with E-state index in [1.54, 1.807) is 36.4 Å². The molecule has 90 heavy (non-hydrogen) atoms. The van der Waals surface area contributed by atoms with Crippen molar-refractivity contribution >= 4 is 34.1 Å². The number of fused-ring (bicyclic) bond motifs is 6. The molecule has 2 atom stereocenters. The number of halogens is 2. The Morgan fingerprint density at radius 1 is 0.333 bits per heavy atom. The van der Waals surface area contributed by atoms with Crippen LogP contribution in [0, 0.1) is 39.3 Å². The molecule has 0 spiro atoms. The van der Waals surface area contributed by atoms with Crippen molar-refractivity contribution in [2.75, 3.05) is 23.0 Å². The average molecular weight is 1170 g/mol. The maximum Gasteiger partial charge on any atom is 0.125 e. The summed E-state index contributed by atoms with van der Waals surface area (Å²) >= 11 is 0. The number of ether oxygens (including phenoxy) is 2. The number of benzene rings is 12. The fourth-order valence-electron chi connectivity index (χ4n) is 14.2. The Kier molecular flexibility index (Phi) is 14.8. The van der Waals surface area contributed by atoms with Gasteiger partial charge in [0, 0.05) is 34.1 Å². The second-order valence-corrected chi connectivity index (χ2v) is 23.7. The van der Waals surface area contributed by atoms with Gasteiger partial charge in [-0.2, -0.15) is 0 Å². The summed E-state index contributed by atoms with van der Waals surface area (Å²) in [7, 11) is 0. The minimum Gasteiger partial charge on any atom is -0.490 e. The van der Waals surface area contributed by atoms with Crippen molar-refractivity contribution in [2.45, 2.75) is 38.5 Å². The monoisotopic (exact) mass is 1170 g/mol. The average Bonchev–Trinajstić information content (AvgIpc) is 1.52. The third kappa shape index (κ3) is 9.67. The van der Waals surface area contributed by atoms with E-state index in [1.807, 2.05) is 12.1 Å². The van der Waals surface area contributed by atoms with Crippen molar-refractivity contribution in [1.82, 2.24) is 0 Å². The molecule has 6 heteroatoms. The molecule has 2 aliphatic rings. The zero-order valence-corrected chi connectivity index (χ0v) is 50.9. The lowest BCUT2D eigenvalue weighted by atomic mass is 9.66. The Balaban J connectivity index is 0.863. The van der Waals surface area contributed by atoms with Crippen LogP contribution in [0.2, 0.25) is 0 Å². The zero-order chi connectivity index (χ0) is 61.7. The molecule has 0 bridgehead atoms. The van der Waals surface area contributed by atoms with Gasteiger partial charge in [0.25, 0.3) is 0 Å². The largest absolute Gasteiger partial charge is 0.490 e. The maximum atomic E-state index is 15.6. The Bertz CT molecular complexity index is 4420. The van der Waals surface area contributed by atoms with Crippen molar-refractivity contribution in [2.24, 2.45) is 0 Å². The highest BCUT2D eigenvalue weighted by Crippen LogP contribution is 2.60. The van der Waals surface area contributed by atoms with E-state index in [9.17, 15) is 0 Å². The lowest BCUT2D eigenvalue weighted by Crippen LogP contribution is -2.30. The van der Waals surface area contributed by atoms with Gasteiger partial charge in [-0.3, -0.25) is 0 Å². The normalized spacial score (nSPS) is 15.0. The third-order valence-corrected chi connectivity index (χ3v) is 18.2. The van der Waals surface area contributed by atoms with Crippen molar-refractivity contribution in [3.05, 3.63) is 371 Å². The molecular formula is C84H66F2N2O2. The Morgan fingerprint density at radius 2 is 0.700 bits per heavy atom. The molecule has 12 aromatic rings. The predicted molar refractivity (Wildman–Crippen MR) is 366 cm³/mol. The smallest absolute Gasteiger partial charge is 0.125 e. The van der Waals surface area contributed by atoms with Gasteiger partial charge >= 0.3 is 0 Å². The molecule has 0 amide bonds. The Morgan fingerprint density at radius 3 is 1.09 bits per heavy atom. The highest BCUT2D eigenvalue weighted by Gasteiger charge is 2.49. The van der Waals surface area contributed by atoms with E-state index in [-0.39, 0.29) is 11.6 Å². The fraction of sp³-hybridized carbons (Fsp3) is 0.0952. The molecule has 0 aliphatic heterocycles. The first kappa shape index (κ1) is 57.0. The quantitative estimate of drug-likeness (QED) is 0.0849. The first-order chi connectivity index (χ1) is 44.0. The SMILES string of the molecule is C=CCOc1ccc(C2(c3cc(C)ccc3C)c3ccccc3-c3ccc(N(c4ccc(-c5ccc(N(c6cccc(F)c6)c6ccc7c(c6)C(c6ccc(OCC=C)cc6)(c6cc(C)ccc6C)c6ccccc6-7)cc5)cc4)c4cccc(F)c4)cc32)cc1. The zero-order valence-electron chi connectivity index (χ0n) is 50.9. The summed E-state index contributed by atoms with van der Waals surface area (Å²) in [6, 6.07) is 91.9. The highest BCUT2D eigenvalue weighted by molar-refractivity contribution is 5.92. The van der Waals surface area contributed by atoms with Gasteiger partial charge in [-0.05, 0) is 226 Å². The van der Waals surface area contributed by atoms with Crippen LogP contribution < -0.4 is 19.3 Å². The van der Waals surface area contributed by atoms with E-state index in [0.29, 0.717) is 24.6 Å². The van der Waals surface area contributed by atoms with Gasteiger partial charge in [-0.1, -0.05) is 194 Å². The summed E-state index contributed by atoms with van der Waals surface area (Å²) in [5.74, 6) is 0.879. The second kappa shape index (κ2) is 23.4. The first-order valence-electron chi connectivity index (χ1n) is 30.6. The number of hydrogen-bond acceptors (Lipinski definition) is 4. The van der Waals surface area contributed by atoms with E-state index in [4.69, 9.17) is 9.47 Å². The van der Waals surface area contributed by atoms with E-state index in [0.717, 1.165) is 78.8 Å². The molecule has 0 heterocycles. The number of aryl methyl sites for hydroxylation is 4. The highest BCUT2D eigenvalue weighted by atomic mass is 19.1. The van der Waals surface area contributed by atoms with E-state index in [1.165, 1.54) is 67.8 Å². The number of nitrogens with zero attached hydrogens (tertiary/aromatic N) is 2. The molecule has 2 unspecified atom stereocenters. The minimum atomic E-state index is -0.714. The van der Waals surface area contributed by atoms with Gasteiger partial charge in [0.05, 0.1) is 10.8 Å². The molecule has 14 rings (SSSR count). The van der Waals surface area contributed by atoms with E-state index < -0.39 is 10.8 Å². The molecular weight excluding hydrogens is 1110 g/mol. The van der Waals surface area contributed by atoms with Gasteiger partial charge < -0.3 is 19.3 Å². The maximum absolute atomic E-state index is 15.6. The van der Waals surface area contributed by atoms with Crippen LogP contribution in [0.25, 0.3) is 33.4 Å². The van der Waals surface area contributed by atoms with E-state index >= 15 is 8.78 Å². The molecule has 0 N–H and O–H groups in total. The van der Waals surface area contributed by atoms with Gasteiger partial charge in [0.2, 0.25) is 0 Å². The van der Waals surface area contributed by atoms with Crippen molar-refractivity contribution in [3.63, 3.8) is 0 Å². The van der Waals surface area contributed by atoms with Crippen molar-refractivity contribution in [1.29, 1.82) is 0 Å². The van der Waals surface area contributed by atoms with Crippen LogP contribution in [-0.2, 0) is 10.8 Å². The van der Waals surface area contributed by atoms with Gasteiger partial charge in [-0.25, -0.2) is 8.78 Å². The fourth-order valence-corrected chi connectivity index (χ4v) is 14.2. The van der Waals surface area contributed by atoms with Gasteiger partial charge in [-0.15, -0.1) is 0 Å². The minimum absolute atomic E-state index is 0.329. The van der Waals surface area contributed by atoms with Crippen LogP contribution in [0.5, 0.6) is 11.5 Å². The lowest BCUT2D eigenvalue weighted by molar-refractivity contribution is 0.363. The van der Waals surface area contributed by atoms with Gasteiger partial charge in [0.1, 0.15) is 36.3 Å². The standard InChI is InChI=1S/C84H66F2N2O2/c1-7-47-89-71-41-31-61(32-42-71)83(79-49-55(3)23-25-57(79)5)77-21-11-9-19-73(77)75-45-39-69(53-81(75)83)87(67-17-13-15-63(85)51-67)65-35-27-59(28-36-65)60-29-37-66(38-30-60)88(68-18-14-16-64(86)52-68)70-40-46-76-74-20-10-12-22-78(74)84(82(76)54-70,80-50-56(4)24-26-58(80)6)62-33-43-72(44-34-62)90-48-8-2/h7-46,49-54H,1-2,47-48H2,3-6H3. The van der Waals surface area contributed by atoms with Crippen LogP contribution in [-0.4, -0.2) is 13.2 Å². The van der Waals surface area contributed by atoms with Crippen LogP contribution in [0.4, 0.5) is 42.9 Å². The molecule has 0 saturated carbocycles. The summed E-state index contributed by atoms with van der Waals surface area (Å²) in [4.78, 5) is 4.29. The molecule has 2 aliphatic carbocycles. The summed E-state index contributed by atoms with van der Waals surface area (Å²) < 4.78 is 43.3. The molecule has 438 valence electrons. The van der Waals surface area contributed by atoms with E-state index in [2.05, 4.69) is 269 Å². The van der Waals surface area contributed by atoms with Crippen LogP contribution in [0.1, 0.15) is 66.8 Å². The summed E-state index contributed by atoms with van der Waals surface area (Å²) in [6.45, 7) is 17.3. The summed E-state index contributed by atoms with van der Waals surface area (Å²) in [5, 5.41) is 0. The predicted octanol–water partition coefficient (Wildman–Crippen LogP) is 21.7. The van der Waals surface area contributed by atoms with Crippen LogP contribution in [0.3, 0.4) is 0 Å². The molecule has 4 nitrogen and oxygen atoms in total. The van der Waals surface area contributed by atoms with Gasteiger partial charge in [0.15, 0.2) is 0 Å². The summed E-state index contributed by atoms with van der Waals surface area (Å²) in [5.41, 5.74) is 24.0. The number of rotatable bonds is 17. The topological polar surface area (TPSA) is 24.9 Å². The van der Waals surface area contributed by atoms with Crippen molar-refractivity contribution < 1.29 is 18.3 Å². The Labute approximate surface area is 526 Å². The van der Waals surface area contributed by atoms with Crippen LogP contribution in [0.15, 0.2) is 292 Å². The first-order valence-corrected chi connectivity index (χ1v) is 30.6. The summed E-state index contributed by atoms with van der Waals surface area (Å²) in [6.07, 6.45) is 3.51. The molecule has 0 fully saturated rings. The molecule has 0 saturated heterocycles. The second-order valence-electron chi connectivity index (χ2n) is 23.7. The molecule has 0 aromatic heterocycles. The Hall–Kier alpha value is -10.8.